The third kappa shape index (κ3) is 4.51. The highest BCUT2D eigenvalue weighted by Crippen LogP contribution is 2.47. The molecule has 0 saturated heterocycles. The fourth-order valence-electron chi connectivity index (χ4n) is 5.22. The molecule has 0 nitrogen and oxygen atoms in total. The van der Waals surface area contributed by atoms with Crippen LogP contribution in [0.2, 0.25) is 5.02 Å². The highest BCUT2D eigenvalue weighted by Gasteiger charge is 2.34. The van der Waals surface area contributed by atoms with Crippen molar-refractivity contribution in [3.8, 4) is 11.8 Å². The van der Waals surface area contributed by atoms with Gasteiger partial charge in [-0.3, -0.25) is 0 Å². The van der Waals surface area contributed by atoms with E-state index in [0.717, 1.165) is 23.8 Å². The molecule has 3 heteroatoms. The molecule has 3 atom stereocenters. The molecule has 2 aliphatic carbocycles. The Hall–Kier alpha value is -1.85. The molecule has 0 heterocycles. The second-order valence-corrected chi connectivity index (χ2v) is 9.02. The fourth-order valence-corrected chi connectivity index (χ4v) is 5.33. The van der Waals surface area contributed by atoms with Crippen LogP contribution >= 0.6 is 11.6 Å². The summed E-state index contributed by atoms with van der Waals surface area (Å²) in [4.78, 5) is 0. The maximum absolute atomic E-state index is 13.6. The van der Waals surface area contributed by atoms with Crippen molar-refractivity contribution < 1.29 is 8.78 Å². The van der Waals surface area contributed by atoms with Crippen molar-refractivity contribution in [2.24, 2.45) is 11.8 Å². The zero-order valence-corrected chi connectivity index (χ0v) is 17.7. The monoisotopic (exact) mass is 412 g/mol. The second kappa shape index (κ2) is 8.88. The SMILES string of the molecule is CCCC[C@@H]1CC[C@@H]2c3ccc(C#Cc4cc(F)c(Cl)c(F)c4)cc3CC[C@@H]2C1. The largest absolute Gasteiger partial charge is 0.205 e. The topological polar surface area (TPSA) is 0 Å². The van der Waals surface area contributed by atoms with E-state index < -0.39 is 16.7 Å². The predicted molar refractivity (Wildman–Crippen MR) is 115 cm³/mol. The minimum absolute atomic E-state index is 0.299. The van der Waals surface area contributed by atoms with Gasteiger partial charge < -0.3 is 0 Å². The Labute approximate surface area is 177 Å². The molecule has 0 aromatic heterocycles. The third-order valence-corrected chi connectivity index (χ3v) is 7.08. The molecule has 4 rings (SSSR count). The number of hydrogen-bond donors (Lipinski definition) is 0. The molecule has 1 fully saturated rings. The molecule has 0 aliphatic heterocycles. The summed E-state index contributed by atoms with van der Waals surface area (Å²) >= 11 is 5.54. The zero-order valence-electron chi connectivity index (χ0n) is 16.9. The van der Waals surface area contributed by atoms with Crippen LogP contribution in [-0.4, -0.2) is 0 Å². The first-order valence-electron chi connectivity index (χ1n) is 10.8. The second-order valence-electron chi connectivity index (χ2n) is 8.64. The Balaban J connectivity index is 1.50. The van der Waals surface area contributed by atoms with Crippen LogP contribution in [-0.2, 0) is 6.42 Å². The smallest absolute Gasteiger partial charge is 0.146 e. The summed E-state index contributed by atoms with van der Waals surface area (Å²) in [6.45, 7) is 2.28. The van der Waals surface area contributed by atoms with Gasteiger partial charge in [0.25, 0.3) is 0 Å². The lowest BCUT2D eigenvalue weighted by Crippen LogP contribution is -2.28. The van der Waals surface area contributed by atoms with Crippen LogP contribution in [0, 0.1) is 35.3 Å². The maximum Gasteiger partial charge on any atom is 0.146 e. The number of rotatable bonds is 3. The number of benzene rings is 2. The Kier molecular flexibility index (Phi) is 6.26. The van der Waals surface area contributed by atoms with E-state index in [-0.39, 0.29) is 0 Å². The van der Waals surface area contributed by atoms with Crippen LogP contribution in [0.4, 0.5) is 8.78 Å². The molecule has 0 amide bonds. The van der Waals surface area contributed by atoms with Crippen molar-refractivity contribution in [1.29, 1.82) is 0 Å². The molecule has 29 heavy (non-hydrogen) atoms. The van der Waals surface area contributed by atoms with Crippen molar-refractivity contribution >= 4 is 11.6 Å². The van der Waals surface area contributed by atoms with E-state index in [9.17, 15) is 8.78 Å². The van der Waals surface area contributed by atoms with Gasteiger partial charge >= 0.3 is 0 Å². The van der Waals surface area contributed by atoms with Crippen LogP contribution in [0.25, 0.3) is 0 Å². The van der Waals surface area contributed by atoms with Gasteiger partial charge in [0.1, 0.15) is 16.7 Å². The Morgan fingerprint density at radius 1 is 1.00 bits per heavy atom. The van der Waals surface area contributed by atoms with Crippen molar-refractivity contribution in [3.63, 3.8) is 0 Å². The van der Waals surface area contributed by atoms with E-state index in [2.05, 4.69) is 37.0 Å². The summed E-state index contributed by atoms with van der Waals surface area (Å²) in [5, 5.41) is -0.483. The molecule has 2 aromatic carbocycles. The van der Waals surface area contributed by atoms with Crippen LogP contribution in [0.1, 0.15) is 80.0 Å². The van der Waals surface area contributed by atoms with Gasteiger partial charge in [0.15, 0.2) is 0 Å². The van der Waals surface area contributed by atoms with Gasteiger partial charge in [0, 0.05) is 11.1 Å². The van der Waals surface area contributed by atoms with E-state index in [1.54, 1.807) is 0 Å². The van der Waals surface area contributed by atoms with Gasteiger partial charge in [-0.2, -0.15) is 0 Å². The molecule has 2 aliphatic rings. The summed E-state index contributed by atoms with van der Waals surface area (Å²) in [7, 11) is 0. The van der Waals surface area contributed by atoms with Crippen LogP contribution < -0.4 is 0 Å². The van der Waals surface area contributed by atoms with Crippen molar-refractivity contribution in [1.82, 2.24) is 0 Å². The number of hydrogen-bond acceptors (Lipinski definition) is 0. The van der Waals surface area contributed by atoms with Gasteiger partial charge in [0.2, 0.25) is 0 Å². The molecule has 0 N–H and O–H groups in total. The predicted octanol–water partition coefficient (Wildman–Crippen LogP) is 7.65. The highest BCUT2D eigenvalue weighted by atomic mass is 35.5. The minimum atomic E-state index is -0.776. The van der Waals surface area contributed by atoms with E-state index in [1.165, 1.54) is 68.2 Å². The standard InChI is InChI=1S/C26H27ClF2/c1-2-3-4-17-7-11-22-20(13-17)9-10-21-14-18(8-12-23(21)22)5-6-19-15-24(28)26(27)25(29)16-19/h8,12,14-17,20,22H,2-4,7,9-11,13H2,1H3/t17-,20-,22+/m1/s1. The molecular formula is C26H27ClF2. The van der Waals surface area contributed by atoms with Gasteiger partial charge in [-0.1, -0.05) is 55.7 Å². The molecule has 2 aromatic rings. The average molecular weight is 413 g/mol. The molecule has 0 spiro atoms. The third-order valence-electron chi connectivity index (χ3n) is 6.72. The first-order chi connectivity index (χ1) is 14.0. The van der Waals surface area contributed by atoms with Gasteiger partial charge in [0.05, 0.1) is 0 Å². The van der Waals surface area contributed by atoms with Gasteiger partial charge in [-0.25, -0.2) is 8.78 Å². The summed E-state index contributed by atoms with van der Waals surface area (Å²) in [5.74, 6) is 6.82. The van der Waals surface area contributed by atoms with Crippen LogP contribution in [0.3, 0.4) is 0 Å². The summed E-state index contributed by atoms with van der Waals surface area (Å²) in [6, 6.07) is 8.83. The maximum atomic E-state index is 13.6. The average Bonchev–Trinajstić information content (AvgIpc) is 2.73. The molecule has 152 valence electrons. The Morgan fingerprint density at radius 2 is 1.76 bits per heavy atom. The summed E-state index contributed by atoms with van der Waals surface area (Å²) in [6.07, 6.45) is 10.5. The minimum Gasteiger partial charge on any atom is -0.205 e. The van der Waals surface area contributed by atoms with Crippen LogP contribution in [0.15, 0.2) is 30.3 Å². The number of aryl methyl sites for hydroxylation is 1. The molecule has 0 bridgehead atoms. The lowest BCUT2D eigenvalue weighted by molar-refractivity contribution is 0.200. The lowest BCUT2D eigenvalue weighted by atomic mass is 9.64. The van der Waals surface area contributed by atoms with Crippen molar-refractivity contribution in [2.75, 3.05) is 0 Å². The number of halogens is 3. The van der Waals surface area contributed by atoms with E-state index >= 15 is 0 Å². The lowest BCUT2D eigenvalue weighted by Gasteiger charge is -2.40. The van der Waals surface area contributed by atoms with Crippen LogP contribution in [0.5, 0.6) is 0 Å². The van der Waals surface area contributed by atoms with Gasteiger partial charge in [-0.05, 0) is 85.3 Å². The molecule has 0 radical (unpaired) electrons. The molecule has 0 unspecified atom stereocenters. The zero-order chi connectivity index (χ0) is 20.4. The number of fused-ring (bicyclic) bond motifs is 3. The Bertz CT molecular complexity index is 930. The highest BCUT2D eigenvalue weighted by molar-refractivity contribution is 6.30. The van der Waals surface area contributed by atoms with E-state index in [0.29, 0.717) is 11.5 Å². The molecule has 1 saturated carbocycles. The summed E-state index contributed by atoms with van der Waals surface area (Å²) in [5.41, 5.74) is 4.10. The van der Waals surface area contributed by atoms with Gasteiger partial charge in [-0.15, -0.1) is 0 Å². The first-order valence-corrected chi connectivity index (χ1v) is 11.2. The molecular weight excluding hydrogens is 386 g/mol. The normalized spacial score (nSPS) is 23.0. The fraction of sp³-hybridized carbons (Fsp3) is 0.462. The number of unbranched alkanes of at least 4 members (excludes halogenated alkanes) is 1. The first kappa shape index (κ1) is 20.4. The van der Waals surface area contributed by atoms with Crippen molar-refractivity contribution in [3.05, 3.63) is 69.2 Å². The van der Waals surface area contributed by atoms with E-state index in [1.807, 2.05) is 0 Å². The van der Waals surface area contributed by atoms with Crippen molar-refractivity contribution in [2.45, 2.75) is 64.2 Å². The van der Waals surface area contributed by atoms with E-state index in [4.69, 9.17) is 11.6 Å². The summed E-state index contributed by atoms with van der Waals surface area (Å²) < 4.78 is 27.2. The quantitative estimate of drug-likeness (QED) is 0.358. The Morgan fingerprint density at radius 3 is 2.52 bits per heavy atom.